The largest absolute Gasteiger partial charge is 0.453 e. The molecule has 0 aliphatic rings. The first kappa shape index (κ1) is 15.3. The molecule has 5 heteroatoms. The molecule has 0 saturated carbocycles. The van der Waals surface area contributed by atoms with Crippen LogP contribution in [0.2, 0.25) is 0 Å². The van der Waals surface area contributed by atoms with E-state index in [2.05, 4.69) is 21.9 Å². The van der Waals surface area contributed by atoms with Gasteiger partial charge in [-0.05, 0) is 24.6 Å². The number of hydrogen-bond donors (Lipinski definition) is 1. The number of benzene rings is 1. The van der Waals surface area contributed by atoms with Crippen molar-refractivity contribution in [3.8, 4) is 0 Å². The molecule has 0 saturated heterocycles. The van der Waals surface area contributed by atoms with Crippen molar-refractivity contribution in [3.05, 3.63) is 29.8 Å². The lowest BCUT2D eigenvalue weighted by atomic mass is 10.2. The number of nitrogens with one attached hydrogen (secondary N) is 1. The molecule has 1 aromatic rings. The van der Waals surface area contributed by atoms with Gasteiger partial charge >= 0.3 is 6.09 Å². The number of methoxy groups -OCH3 is 2. The lowest BCUT2D eigenvalue weighted by molar-refractivity contribution is 0.170. The molecule has 0 aliphatic heterocycles. The quantitative estimate of drug-likeness (QED) is 0.820. The molecule has 0 aliphatic carbocycles. The smallest absolute Gasteiger partial charge is 0.407 e. The molecule has 0 bridgehead atoms. The van der Waals surface area contributed by atoms with Crippen molar-refractivity contribution in [2.45, 2.75) is 13.5 Å². The van der Waals surface area contributed by atoms with Crippen LogP contribution in [0.25, 0.3) is 0 Å². The third-order valence-electron chi connectivity index (χ3n) is 2.87. The van der Waals surface area contributed by atoms with Crippen molar-refractivity contribution in [2.24, 2.45) is 0 Å². The molecule has 0 aromatic heterocycles. The van der Waals surface area contributed by atoms with Crippen LogP contribution in [-0.4, -0.2) is 40.0 Å². The summed E-state index contributed by atoms with van der Waals surface area (Å²) in [5.41, 5.74) is 2.19. The number of alkyl carbamates (subject to hydrolysis) is 1. The van der Waals surface area contributed by atoms with E-state index in [1.165, 1.54) is 7.11 Å². The highest BCUT2D eigenvalue weighted by Crippen LogP contribution is 2.14. The molecule has 19 heavy (non-hydrogen) atoms. The van der Waals surface area contributed by atoms with Gasteiger partial charge in [-0.15, -0.1) is 0 Å². The van der Waals surface area contributed by atoms with Crippen LogP contribution in [0.4, 0.5) is 10.5 Å². The maximum absolute atomic E-state index is 11.0. The van der Waals surface area contributed by atoms with Crippen LogP contribution in [-0.2, 0) is 16.0 Å². The minimum Gasteiger partial charge on any atom is -0.453 e. The summed E-state index contributed by atoms with van der Waals surface area (Å²) in [5, 5.41) is 2.65. The number of carbonyl (C=O) groups is 1. The summed E-state index contributed by atoms with van der Waals surface area (Å²) in [6.45, 7) is 5.09. The van der Waals surface area contributed by atoms with Gasteiger partial charge in [0.2, 0.25) is 0 Å². The summed E-state index contributed by atoms with van der Waals surface area (Å²) < 4.78 is 9.62. The van der Waals surface area contributed by atoms with E-state index in [4.69, 9.17) is 4.74 Å². The van der Waals surface area contributed by atoms with Gasteiger partial charge in [-0.25, -0.2) is 4.79 Å². The normalized spacial score (nSPS) is 10.1. The van der Waals surface area contributed by atoms with E-state index in [1.807, 2.05) is 24.3 Å². The third-order valence-corrected chi connectivity index (χ3v) is 2.87. The number of likely N-dealkylation sites (N-methyl/N-ethyl adjacent to an activating group) is 1. The topological polar surface area (TPSA) is 50.8 Å². The van der Waals surface area contributed by atoms with Gasteiger partial charge in [0.1, 0.15) is 0 Å². The van der Waals surface area contributed by atoms with E-state index in [0.29, 0.717) is 13.2 Å². The average molecular weight is 266 g/mol. The Kier molecular flexibility index (Phi) is 6.74. The van der Waals surface area contributed by atoms with Crippen molar-refractivity contribution >= 4 is 11.8 Å². The molecule has 1 amide bonds. The zero-order valence-electron chi connectivity index (χ0n) is 11.8. The Morgan fingerprint density at radius 2 is 1.95 bits per heavy atom. The summed E-state index contributed by atoms with van der Waals surface area (Å²) in [6, 6.07) is 8.10. The van der Waals surface area contributed by atoms with E-state index < -0.39 is 6.09 Å². The number of anilines is 1. The summed E-state index contributed by atoms with van der Waals surface area (Å²) in [4.78, 5) is 13.2. The van der Waals surface area contributed by atoms with E-state index in [-0.39, 0.29) is 0 Å². The van der Waals surface area contributed by atoms with Gasteiger partial charge in [-0.3, -0.25) is 0 Å². The number of rotatable bonds is 7. The highest BCUT2D eigenvalue weighted by molar-refractivity contribution is 5.66. The molecule has 0 radical (unpaired) electrons. The second-order valence-electron chi connectivity index (χ2n) is 4.08. The highest BCUT2D eigenvalue weighted by Gasteiger charge is 2.04. The van der Waals surface area contributed by atoms with Gasteiger partial charge in [0.15, 0.2) is 0 Å². The van der Waals surface area contributed by atoms with E-state index in [0.717, 1.165) is 24.3 Å². The molecular weight excluding hydrogens is 244 g/mol. The van der Waals surface area contributed by atoms with Crippen molar-refractivity contribution in [2.75, 3.05) is 38.8 Å². The van der Waals surface area contributed by atoms with Crippen LogP contribution in [0.1, 0.15) is 12.5 Å². The van der Waals surface area contributed by atoms with Crippen LogP contribution in [0, 0.1) is 0 Å². The van der Waals surface area contributed by atoms with Gasteiger partial charge in [-0.2, -0.15) is 0 Å². The van der Waals surface area contributed by atoms with Gasteiger partial charge in [0, 0.05) is 32.4 Å². The fourth-order valence-electron chi connectivity index (χ4n) is 1.74. The Morgan fingerprint density at radius 1 is 1.26 bits per heavy atom. The Labute approximate surface area is 114 Å². The van der Waals surface area contributed by atoms with Gasteiger partial charge in [0.25, 0.3) is 0 Å². The summed E-state index contributed by atoms with van der Waals surface area (Å²) in [7, 11) is 3.06. The fourth-order valence-corrected chi connectivity index (χ4v) is 1.74. The number of nitrogens with zero attached hydrogens (tertiary/aromatic N) is 1. The highest BCUT2D eigenvalue weighted by atomic mass is 16.5. The molecule has 1 N–H and O–H groups in total. The Bertz CT molecular complexity index is 379. The van der Waals surface area contributed by atoms with Crippen LogP contribution in [0.5, 0.6) is 0 Å². The van der Waals surface area contributed by atoms with E-state index >= 15 is 0 Å². The Hall–Kier alpha value is -1.75. The van der Waals surface area contributed by atoms with Crippen molar-refractivity contribution in [3.63, 3.8) is 0 Å². The van der Waals surface area contributed by atoms with Gasteiger partial charge in [0.05, 0.1) is 13.7 Å². The number of carbonyl (C=O) groups excluding carboxylic acids is 1. The number of hydrogen-bond acceptors (Lipinski definition) is 4. The maximum atomic E-state index is 11.0. The zero-order chi connectivity index (χ0) is 14.1. The first-order valence-corrected chi connectivity index (χ1v) is 6.36. The second kappa shape index (κ2) is 8.37. The lowest BCUT2D eigenvalue weighted by Crippen LogP contribution is -2.26. The first-order valence-electron chi connectivity index (χ1n) is 6.36. The first-order chi connectivity index (χ1) is 9.21. The van der Waals surface area contributed by atoms with E-state index in [1.54, 1.807) is 7.11 Å². The molecule has 0 atom stereocenters. The van der Waals surface area contributed by atoms with Crippen LogP contribution < -0.4 is 10.2 Å². The second-order valence-corrected chi connectivity index (χ2v) is 4.08. The fraction of sp³-hybridized carbons (Fsp3) is 0.500. The van der Waals surface area contributed by atoms with Crippen LogP contribution in [0.15, 0.2) is 24.3 Å². The lowest BCUT2D eigenvalue weighted by Gasteiger charge is -2.22. The SMILES string of the molecule is CCN(CCOC)c1ccc(CNC(=O)OC)cc1. The zero-order valence-corrected chi connectivity index (χ0v) is 11.8. The van der Waals surface area contributed by atoms with Crippen molar-refractivity contribution in [1.29, 1.82) is 0 Å². The van der Waals surface area contributed by atoms with Crippen molar-refractivity contribution < 1.29 is 14.3 Å². The molecule has 0 unspecified atom stereocenters. The standard InChI is InChI=1S/C14H22N2O3/c1-4-16(9-10-18-2)13-7-5-12(6-8-13)11-15-14(17)19-3/h5-8H,4,9-11H2,1-3H3,(H,15,17). The van der Waals surface area contributed by atoms with Crippen molar-refractivity contribution in [1.82, 2.24) is 5.32 Å². The minimum atomic E-state index is -0.417. The minimum absolute atomic E-state index is 0.417. The van der Waals surface area contributed by atoms with Crippen LogP contribution >= 0.6 is 0 Å². The summed E-state index contributed by atoms with van der Waals surface area (Å²) in [5.74, 6) is 0. The maximum Gasteiger partial charge on any atom is 0.407 e. The number of ether oxygens (including phenoxy) is 2. The monoisotopic (exact) mass is 266 g/mol. The molecule has 1 rings (SSSR count). The molecule has 0 spiro atoms. The molecule has 5 nitrogen and oxygen atoms in total. The third kappa shape index (κ3) is 5.18. The molecular formula is C14H22N2O3. The summed E-state index contributed by atoms with van der Waals surface area (Å²) in [6.07, 6.45) is -0.417. The average Bonchev–Trinajstić information content (AvgIpc) is 2.46. The predicted molar refractivity (Wildman–Crippen MR) is 75.4 cm³/mol. The predicted octanol–water partition coefficient (Wildman–Crippen LogP) is 2.02. The Balaban J connectivity index is 2.56. The van der Waals surface area contributed by atoms with E-state index in [9.17, 15) is 4.79 Å². The molecule has 1 aromatic carbocycles. The van der Waals surface area contributed by atoms with Gasteiger partial charge < -0.3 is 19.7 Å². The molecule has 0 heterocycles. The molecule has 106 valence electrons. The number of amides is 1. The van der Waals surface area contributed by atoms with Crippen LogP contribution in [0.3, 0.4) is 0 Å². The Morgan fingerprint density at radius 3 is 2.47 bits per heavy atom. The van der Waals surface area contributed by atoms with Gasteiger partial charge in [-0.1, -0.05) is 12.1 Å². The molecule has 0 fully saturated rings. The summed E-state index contributed by atoms with van der Waals surface area (Å²) >= 11 is 0.